The molecule has 1 N–H and O–H groups in total. The van der Waals surface area contributed by atoms with Crippen LogP contribution in [-0.2, 0) is 19.5 Å². The van der Waals surface area contributed by atoms with Gasteiger partial charge in [-0.05, 0) is 37.8 Å². The predicted octanol–water partition coefficient (Wildman–Crippen LogP) is 2.61. The molecule has 0 radical (unpaired) electrons. The number of likely N-dealkylation sites (tertiary alicyclic amines) is 1. The SMILES string of the molecule is CC(C)n1cc(CN2C[C@@H]3Cn4c(nnc4C(=O)Nc4ccccc4)C[C@H]3C2)cn1. The monoisotopic (exact) mass is 405 g/mol. The summed E-state index contributed by atoms with van der Waals surface area (Å²) in [5.74, 6) is 2.20. The Labute approximate surface area is 175 Å². The van der Waals surface area contributed by atoms with Crippen molar-refractivity contribution in [2.75, 3.05) is 18.4 Å². The van der Waals surface area contributed by atoms with Crippen molar-refractivity contribution in [2.24, 2.45) is 11.8 Å². The topological polar surface area (TPSA) is 80.9 Å². The average molecular weight is 406 g/mol. The highest BCUT2D eigenvalue weighted by molar-refractivity contribution is 6.01. The Morgan fingerprint density at radius 3 is 2.70 bits per heavy atom. The van der Waals surface area contributed by atoms with E-state index in [4.69, 9.17) is 0 Å². The molecular formula is C22H27N7O. The summed E-state index contributed by atoms with van der Waals surface area (Å²) in [6, 6.07) is 9.85. The number of benzene rings is 1. The van der Waals surface area contributed by atoms with Gasteiger partial charge in [-0.3, -0.25) is 14.4 Å². The van der Waals surface area contributed by atoms with Crippen molar-refractivity contribution in [3.05, 3.63) is 59.9 Å². The van der Waals surface area contributed by atoms with Gasteiger partial charge in [-0.15, -0.1) is 10.2 Å². The second-order valence-corrected chi connectivity index (χ2v) is 8.71. The number of carbonyl (C=O) groups excluding carboxylic acids is 1. The number of aromatic nitrogens is 5. The Morgan fingerprint density at radius 1 is 1.13 bits per heavy atom. The molecule has 1 aromatic carbocycles. The van der Waals surface area contributed by atoms with Crippen LogP contribution in [-0.4, -0.2) is 48.4 Å². The van der Waals surface area contributed by atoms with Gasteiger partial charge in [0.25, 0.3) is 5.91 Å². The first kappa shape index (κ1) is 19.0. The summed E-state index contributed by atoms with van der Waals surface area (Å²) in [4.78, 5) is 15.2. The fourth-order valence-electron chi connectivity index (χ4n) is 4.63. The Balaban J connectivity index is 1.26. The molecule has 0 saturated carbocycles. The Hall–Kier alpha value is -3.00. The molecule has 0 unspecified atom stereocenters. The molecule has 2 atom stereocenters. The molecule has 0 aliphatic carbocycles. The molecule has 8 nitrogen and oxygen atoms in total. The summed E-state index contributed by atoms with van der Waals surface area (Å²) in [5.41, 5.74) is 2.02. The minimum atomic E-state index is -0.200. The third kappa shape index (κ3) is 3.63. The zero-order valence-corrected chi connectivity index (χ0v) is 17.4. The number of nitrogens with zero attached hydrogens (tertiary/aromatic N) is 6. The van der Waals surface area contributed by atoms with E-state index in [9.17, 15) is 4.79 Å². The van der Waals surface area contributed by atoms with E-state index < -0.39 is 0 Å². The van der Waals surface area contributed by atoms with Crippen molar-refractivity contribution in [1.82, 2.24) is 29.4 Å². The fourth-order valence-corrected chi connectivity index (χ4v) is 4.63. The molecule has 156 valence electrons. The van der Waals surface area contributed by atoms with Crippen LogP contribution in [0.2, 0.25) is 0 Å². The maximum absolute atomic E-state index is 12.7. The molecule has 3 aromatic rings. The van der Waals surface area contributed by atoms with Crippen LogP contribution >= 0.6 is 0 Å². The van der Waals surface area contributed by atoms with Crippen molar-refractivity contribution in [1.29, 1.82) is 0 Å². The Kier molecular flexibility index (Phi) is 4.86. The highest BCUT2D eigenvalue weighted by Crippen LogP contribution is 2.33. The molecule has 8 heteroatoms. The number of hydrogen-bond acceptors (Lipinski definition) is 5. The van der Waals surface area contributed by atoms with Gasteiger partial charge in [0.2, 0.25) is 5.82 Å². The number of carbonyl (C=O) groups is 1. The lowest BCUT2D eigenvalue weighted by molar-refractivity contribution is 0.100. The fraction of sp³-hybridized carbons (Fsp3) is 0.455. The normalized spacial score (nSPS) is 20.9. The first-order valence-electron chi connectivity index (χ1n) is 10.6. The van der Waals surface area contributed by atoms with E-state index in [-0.39, 0.29) is 5.91 Å². The second-order valence-electron chi connectivity index (χ2n) is 8.71. The van der Waals surface area contributed by atoms with Gasteiger partial charge in [0, 0.05) is 56.1 Å². The average Bonchev–Trinajstić information content (AvgIpc) is 3.44. The molecule has 1 amide bonds. The number of para-hydroxylation sites is 1. The number of hydrogen-bond donors (Lipinski definition) is 1. The minimum Gasteiger partial charge on any atom is -0.319 e. The zero-order valence-electron chi connectivity index (χ0n) is 17.4. The minimum absolute atomic E-state index is 0.200. The maximum Gasteiger partial charge on any atom is 0.293 e. The van der Waals surface area contributed by atoms with E-state index in [1.165, 1.54) is 5.56 Å². The molecule has 0 spiro atoms. The molecule has 5 rings (SSSR count). The van der Waals surface area contributed by atoms with Gasteiger partial charge in [-0.2, -0.15) is 5.10 Å². The summed E-state index contributed by atoms with van der Waals surface area (Å²) in [5, 5.41) is 15.9. The van der Waals surface area contributed by atoms with Crippen molar-refractivity contribution >= 4 is 11.6 Å². The molecule has 1 saturated heterocycles. The standard InChI is InChI=1S/C22H27N7O/c1-15(2)29-11-16(9-23-29)10-27-12-17-8-20-25-26-21(28(20)14-18(17)13-27)22(30)24-19-6-4-3-5-7-19/h3-7,9,11,15,17-18H,8,10,12-14H2,1-2H3,(H,24,30)/t17-,18+/m0/s1. The molecule has 2 aromatic heterocycles. The van der Waals surface area contributed by atoms with Gasteiger partial charge < -0.3 is 9.88 Å². The molecule has 2 aliphatic rings. The highest BCUT2D eigenvalue weighted by atomic mass is 16.2. The lowest BCUT2D eigenvalue weighted by Crippen LogP contribution is -2.31. The molecule has 1 fully saturated rings. The first-order chi connectivity index (χ1) is 14.6. The van der Waals surface area contributed by atoms with Crippen LogP contribution in [0.15, 0.2) is 42.7 Å². The van der Waals surface area contributed by atoms with Crippen LogP contribution < -0.4 is 5.32 Å². The van der Waals surface area contributed by atoms with Crippen molar-refractivity contribution < 1.29 is 4.79 Å². The van der Waals surface area contributed by atoms with E-state index in [1.54, 1.807) is 0 Å². The van der Waals surface area contributed by atoms with E-state index in [0.29, 0.717) is 23.7 Å². The molecular weight excluding hydrogens is 378 g/mol. The Morgan fingerprint density at radius 2 is 1.93 bits per heavy atom. The molecule has 4 heterocycles. The third-order valence-electron chi connectivity index (χ3n) is 6.17. The predicted molar refractivity (Wildman–Crippen MR) is 113 cm³/mol. The van der Waals surface area contributed by atoms with Gasteiger partial charge in [-0.25, -0.2) is 0 Å². The maximum atomic E-state index is 12.7. The van der Waals surface area contributed by atoms with E-state index in [0.717, 1.165) is 44.1 Å². The largest absolute Gasteiger partial charge is 0.319 e. The van der Waals surface area contributed by atoms with Gasteiger partial charge in [0.05, 0.1) is 6.20 Å². The number of nitrogens with one attached hydrogen (secondary N) is 1. The van der Waals surface area contributed by atoms with Crippen molar-refractivity contribution in [3.63, 3.8) is 0 Å². The van der Waals surface area contributed by atoms with E-state index in [2.05, 4.69) is 45.6 Å². The quantitative estimate of drug-likeness (QED) is 0.706. The lowest BCUT2D eigenvalue weighted by atomic mass is 9.89. The first-order valence-corrected chi connectivity index (χ1v) is 10.6. The van der Waals surface area contributed by atoms with Gasteiger partial charge >= 0.3 is 0 Å². The van der Waals surface area contributed by atoms with Crippen molar-refractivity contribution in [2.45, 2.75) is 39.4 Å². The van der Waals surface area contributed by atoms with Crippen LogP contribution in [0, 0.1) is 11.8 Å². The van der Waals surface area contributed by atoms with Gasteiger partial charge in [0.1, 0.15) is 5.82 Å². The van der Waals surface area contributed by atoms with Crippen LogP contribution in [0.3, 0.4) is 0 Å². The molecule has 0 bridgehead atoms. The summed E-state index contributed by atoms with van der Waals surface area (Å²) in [7, 11) is 0. The smallest absolute Gasteiger partial charge is 0.293 e. The van der Waals surface area contributed by atoms with Gasteiger partial charge in [-0.1, -0.05) is 18.2 Å². The summed E-state index contributed by atoms with van der Waals surface area (Å²) in [6.45, 7) is 8.07. The van der Waals surface area contributed by atoms with Crippen molar-refractivity contribution in [3.8, 4) is 0 Å². The summed E-state index contributed by atoms with van der Waals surface area (Å²) in [6.07, 6.45) is 4.99. The number of fused-ring (bicyclic) bond motifs is 2. The molecule has 30 heavy (non-hydrogen) atoms. The lowest BCUT2D eigenvalue weighted by Gasteiger charge is -2.25. The number of anilines is 1. The third-order valence-corrected chi connectivity index (χ3v) is 6.17. The van der Waals surface area contributed by atoms with Gasteiger partial charge in [0.15, 0.2) is 0 Å². The zero-order chi connectivity index (χ0) is 20.7. The highest BCUT2D eigenvalue weighted by Gasteiger charge is 2.39. The van der Waals surface area contributed by atoms with Crippen LogP contribution in [0.4, 0.5) is 5.69 Å². The summed E-state index contributed by atoms with van der Waals surface area (Å²) < 4.78 is 4.02. The van der Waals surface area contributed by atoms with E-state index in [1.807, 2.05) is 45.8 Å². The van der Waals surface area contributed by atoms with Crippen LogP contribution in [0.1, 0.15) is 41.9 Å². The second kappa shape index (κ2) is 7.68. The summed E-state index contributed by atoms with van der Waals surface area (Å²) >= 11 is 0. The number of rotatable bonds is 5. The Bertz CT molecular complexity index is 1040. The molecule has 2 aliphatic heterocycles. The van der Waals surface area contributed by atoms with Crippen LogP contribution in [0.5, 0.6) is 0 Å². The van der Waals surface area contributed by atoms with E-state index >= 15 is 0 Å². The van der Waals surface area contributed by atoms with Crippen LogP contribution in [0.25, 0.3) is 0 Å². The number of amides is 1.